The highest BCUT2D eigenvalue weighted by Gasteiger charge is 2.09. The van der Waals surface area contributed by atoms with Gasteiger partial charge in [-0.2, -0.15) is 0 Å². The molecule has 0 amide bonds. The summed E-state index contributed by atoms with van der Waals surface area (Å²) >= 11 is 3.25. The van der Waals surface area contributed by atoms with Gasteiger partial charge in [0.25, 0.3) is 0 Å². The Bertz CT molecular complexity index is 552. The molecule has 2 aromatic rings. The number of thioether (sulfide) groups is 2. The zero-order valence-corrected chi connectivity index (χ0v) is 14.8. The van der Waals surface area contributed by atoms with Gasteiger partial charge in [-0.25, -0.2) is 9.36 Å². The molecule has 2 heterocycles. The maximum atomic E-state index is 4.02. The monoisotopic (exact) mass is 340 g/mol. The second-order valence-electron chi connectivity index (χ2n) is 5.09. The Kier molecular flexibility index (Phi) is 6.37. The molecule has 0 fully saturated rings. The highest BCUT2D eigenvalue weighted by atomic mass is 32.2. The van der Waals surface area contributed by atoms with E-state index in [0.29, 0.717) is 0 Å². The van der Waals surface area contributed by atoms with Crippen LogP contribution in [0.5, 0.6) is 0 Å². The molecule has 0 spiro atoms. The number of aromatic nitrogens is 8. The molecule has 0 aromatic carbocycles. The number of hydrogen-bond donors (Lipinski definition) is 0. The molecule has 8 nitrogen and oxygen atoms in total. The highest BCUT2D eigenvalue weighted by molar-refractivity contribution is 7.99. The van der Waals surface area contributed by atoms with E-state index in [2.05, 4.69) is 70.9 Å². The van der Waals surface area contributed by atoms with Crippen molar-refractivity contribution >= 4 is 23.5 Å². The predicted molar refractivity (Wildman–Crippen MR) is 87.0 cm³/mol. The molecule has 0 aliphatic carbocycles. The van der Waals surface area contributed by atoms with Crippen molar-refractivity contribution in [2.75, 3.05) is 11.5 Å². The van der Waals surface area contributed by atoms with Gasteiger partial charge in [-0.15, -0.1) is 10.2 Å². The molecule has 0 aliphatic heterocycles. The Morgan fingerprint density at radius 3 is 1.59 bits per heavy atom. The number of nitrogens with zero attached hydrogens (tertiary/aromatic N) is 8. The van der Waals surface area contributed by atoms with Crippen LogP contribution < -0.4 is 0 Å². The summed E-state index contributed by atoms with van der Waals surface area (Å²) in [6, 6.07) is 0.541. The zero-order chi connectivity index (χ0) is 15.9. The molecule has 10 heteroatoms. The van der Waals surface area contributed by atoms with Gasteiger partial charge in [0, 0.05) is 11.5 Å². The summed E-state index contributed by atoms with van der Waals surface area (Å²) in [5.41, 5.74) is 0. The largest absolute Gasteiger partial charge is 0.218 e. The Balaban J connectivity index is 1.75. The average Bonchev–Trinajstić information content (AvgIpc) is 3.11. The summed E-state index contributed by atoms with van der Waals surface area (Å²) in [5, 5.41) is 25.1. The molecule has 0 saturated carbocycles. The van der Waals surface area contributed by atoms with E-state index in [1.165, 1.54) is 0 Å². The van der Waals surface area contributed by atoms with Crippen molar-refractivity contribution in [2.24, 2.45) is 0 Å². The van der Waals surface area contributed by atoms with Crippen LogP contribution >= 0.6 is 23.5 Å². The van der Waals surface area contributed by atoms with Gasteiger partial charge in [0.1, 0.15) is 0 Å². The van der Waals surface area contributed by atoms with Gasteiger partial charge in [-0.1, -0.05) is 35.7 Å². The van der Waals surface area contributed by atoms with Gasteiger partial charge >= 0.3 is 0 Å². The number of tetrazole rings is 2. The maximum Gasteiger partial charge on any atom is 0.209 e. The van der Waals surface area contributed by atoms with Crippen LogP contribution in [0.3, 0.4) is 0 Å². The first-order chi connectivity index (χ1) is 10.6. The number of rotatable bonds is 8. The third-order valence-electron chi connectivity index (χ3n) is 2.69. The quantitative estimate of drug-likeness (QED) is 0.534. The molecule has 0 bridgehead atoms. The van der Waals surface area contributed by atoms with Crippen LogP contribution in [0.2, 0.25) is 0 Å². The SMILES string of the molecule is CC(C)n1nnnc1SCC=CCSc1nnnn1C(C)C. The summed E-state index contributed by atoms with van der Waals surface area (Å²) in [7, 11) is 0. The lowest BCUT2D eigenvalue weighted by molar-refractivity contribution is 0.477. The smallest absolute Gasteiger partial charge is 0.209 e. The van der Waals surface area contributed by atoms with E-state index in [1.54, 1.807) is 23.5 Å². The Morgan fingerprint density at radius 1 is 0.818 bits per heavy atom. The summed E-state index contributed by atoms with van der Waals surface area (Å²) < 4.78 is 3.65. The molecule has 0 aliphatic rings. The van der Waals surface area contributed by atoms with Gasteiger partial charge in [0.05, 0.1) is 12.1 Å². The van der Waals surface area contributed by atoms with Gasteiger partial charge in [0.2, 0.25) is 10.3 Å². The summed E-state index contributed by atoms with van der Waals surface area (Å²) in [5.74, 6) is 1.67. The average molecular weight is 340 g/mol. The Morgan fingerprint density at radius 2 is 1.23 bits per heavy atom. The van der Waals surface area contributed by atoms with Crippen molar-refractivity contribution in [3.8, 4) is 0 Å². The standard InChI is InChI=1S/C12H20N8S2/c1-9(2)19-11(13-15-17-19)21-7-5-6-8-22-12-14-16-18-20(12)10(3)4/h5-6,9-10H,7-8H2,1-4H3. The summed E-state index contributed by atoms with van der Waals surface area (Å²) in [6.45, 7) is 8.25. The van der Waals surface area contributed by atoms with Crippen molar-refractivity contribution in [1.29, 1.82) is 0 Å². The molecular weight excluding hydrogens is 320 g/mol. The van der Waals surface area contributed by atoms with Crippen molar-refractivity contribution in [3.05, 3.63) is 12.2 Å². The van der Waals surface area contributed by atoms with E-state index in [4.69, 9.17) is 0 Å². The first-order valence-corrected chi connectivity index (χ1v) is 9.03. The topological polar surface area (TPSA) is 87.2 Å². The molecule has 0 saturated heterocycles. The minimum atomic E-state index is 0.270. The molecule has 0 unspecified atom stereocenters. The Labute approximate surface area is 138 Å². The fourth-order valence-corrected chi connectivity index (χ4v) is 3.30. The molecule has 2 rings (SSSR count). The molecule has 2 aromatic heterocycles. The van der Waals surface area contributed by atoms with Crippen molar-refractivity contribution in [2.45, 2.75) is 50.1 Å². The van der Waals surface area contributed by atoms with E-state index >= 15 is 0 Å². The first-order valence-electron chi connectivity index (χ1n) is 7.06. The molecular formula is C12H20N8S2. The number of hydrogen-bond acceptors (Lipinski definition) is 8. The predicted octanol–water partition coefficient (Wildman–Crippen LogP) is 2.26. The van der Waals surface area contributed by atoms with Crippen LogP contribution in [-0.4, -0.2) is 51.9 Å². The fourth-order valence-electron chi connectivity index (χ4n) is 1.59. The van der Waals surface area contributed by atoms with Crippen LogP contribution in [0, 0.1) is 0 Å². The van der Waals surface area contributed by atoms with Crippen LogP contribution in [0.1, 0.15) is 39.8 Å². The normalized spacial score (nSPS) is 12.1. The minimum absolute atomic E-state index is 0.270. The van der Waals surface area contributed by atoms with Crippen molar-refractivity contribution < 1.29 is 0 Å². The first kappa shape index (κ1) is 16.9. The van der Waals surface area contributed by atoms with Gasteiger partial charge < -0.3 is 0 Å². The Hall–Kier alpha value is -1.42. The van der Waals surface area contributed by atoms with Crippen LogP contribution in [0.15, 0.2) is 22.5 Å². The lowest BCUT2D eigenvalue weighted by Gasteiger charge is -2.06. The molecule has 0 radical (unpaired) electrons. The second kappa shape index (κ2) is 8.28. The van der Waals surface area contributed by atoms with Gasteiger partial charge in [-0.05, 0) is 48.5 Å². The molecule has 0 atom stereocenters. The fraction of sp³-hybridized carbons (Fsp3) is 0.667. The maximum absolute atomic E-state index is 4.02. The van der Waals surface area contributed by atoms with E-state index in [1.807, 2.05) is 9.36 Å². The molecule has 0 N–H and O–H groups in total. The minimum Gasteiger partial charge on any atom is -0.218 e. The second-order valence-corrected chi connectivity index (χ2v) is 7.07. The van der Waals surface area contributed by atoms with Crippen LogP contribution in [0.4, 0.5) is 0 Å². The van der Waals surface area contributed by atoms with E-state index in [0.717, 1.165) is 21.8 Å². The third-order valence-corrected chi connectivity index (χ3v) is 4.46. The summed E-state index contributed by atoms with van der Waals surface area (Å²) in [6.07, 6.45) is 4.22. The van der Waals surface area contributed by atoms with E-state index < -0.39 is 0 Å². The van der Waals surface area contributed by atoms with E-state index in [-0.39, 0.29) is 12.1 Å². The van der Waals surface area contributed by atoms with Crippen molar-refractivity contribution in [1.82, 2.24) is 40.4 Å². The molecule has 120 valence electrons. The zero-order valence-electron chi connectivity index (χ0n) is 13.1. The van der Waals surface area contributed by atoms with Crippen LogP contribution in [-0.2, 0) is 0 Å². The van der Waals surface area contributed by atoms with Crippen molar-refractivity contribution in [3.63, 3.8) is 0 Å². The molecule has 22 heavy (non-hydrogen) atoms. The highest BCUT2D eigenvalue weighted by Crippen LogP contribution is 2.19. The lowest BCUT2D eigenvalue weighted by Crippen LogP contribution is -2.04. The lowest BCUT2D eigenvalue weighted by atomic mass is 10.4. The summed E-state index contributed by atoms with van der Waals surface area (Å²) in [4.78, 5) is 0. The van der Waals surface area contributed by atoms with E-state index in [9.17, 15) is 0 Å². The third kappa shape index (κ3) is 4.54. The van der Waals surface area contributed by atoms with Gasteiger partial charge in [0.15, 0.2) is 0 Å². The van der Waals surface area contributed by atoms with Gasteiger partial charge in [-0.3, -0.25) is 0 Å². The van der Waals surface area contributed by atoms with Crippen LogP contribution in [0.25, 0.3) is 0 Å².